The predicted molar refractivity (Wildman–Crippen MR) is 66.2 cm³/mol. The molecule has 92 valence electrons. The van der Waals surface area contributed by atoms with Crippen molar-refractivity contribution in [2.45, 2.75) is 12.5 Å². The first-order chi connectivity index (χ1) is 8.66. The van der Waals surface area contributed by atoms with Gasteiger partial charge in [0.25, 0.3) is 0 Å². The van der Waals surface area contributed by atoms with Gasteiger partial charge in [-0.25, -0.2) is 0 Å². The van der Waals surface area contributed by atoms with E-state index in [-0.39, 0.29) is 5.91 Å². The van der Waals surface area contributed by atoms with Crippen LogP contribution in [0.5, 0.6) is 0 Å². The van der Waals surface area contributed by atoms with Crippen LogP contribution in [0.15, 0.2) is 30.6 Å². The average molecular weight is 243 g/mol. The number of aromatic amines is 1. The summed E-state index contributed by atoms with van der Waals surface area (Å²) in [4.78, 5) is 13.2. The van der Waals surface area contributed by atoms with Crippen LogP contribution in [0.2, 0.25) is 0 Å². The van der Waals surface area contributed by atoms with Crippen molar-refractivity contribution in [1.82, 2.24) is 10.2 Å². The van der Waals surface area contributed by atoms with Gasteiger partial charge in [-0.3, -0.25) is 9.89 Å². The number of likely N-dealkylation sites (N-methyl/N-ethyl adjacent to an activating group) is 1. The van der Waals surface area contributed by atoms with Crippen molar-refractivity contribution in [3.05, 3.63) is 47.3 Å². The molecule has 18 heavy (non-hydrogen) atoms. The van der Waals surface area contributed by atoms with Gasteiger partial charge < -0.3 is 10.0 Å². The Balaban J connectivity index is 1.97. The van der Waals surface area contributed by atoms with Gasteiger partial charge in [-0.1, -0.05) is 12.1 Å². The van der Waals surface area contributed by atoms with Crippen LogP contribution in [0.25, 0.3) is 0 Å². The number of nitrogens with one attached hydrogen (secondary N) is 1. The van der Waals surface area contributed by atoms with Crippen LogP contribution in [0.1, 0.15) is 22.8 Å². The van der Waals surface area contributed by atoms with Gasteiger partial charge in [-0.15, -0.1) is 0 Å². The van der Waals surface area contributed by atoms with Crippen molar-refractivity contribution >= 4 is 11.6 Å². The number of H-pyrrole nitrogens is 1. The SMILES string of the molecule is CN1C(=O)Cc2cc(C(O)c3cn[nH]c3)ccc21. The zero-order valence-electron chi connectivity index (χ0n) is 9.92. The van der Waals surface area contributed by atoms with Gasteiger partial charge in [0, 0.05) is 24.5 Å². The fraction of sp³-hybridized carbons (Fsp3) is 0.231. The van der Waals surface area contributed by atoms with Gasteiger partial charge in [0.1, 0.15) is 6.10 Å². The number of hydrogen-bond donors (Lipinski definition) is 2. The molecule has 1 unspecified atom stereocenters. The van der Waals surface area contributed by atoms with Crippen molar-refractivity contribution < 1.29 is 9.90 Å². The number of fused-ring (bicyclic) bond motifs is 1. The van der Waals surface area contributed by atoms with E-state index in [1.54, 1.807) is 24.3 Å². The van der Waals surface area contributed by atoms with E-state index < -0.39 is 6.10 Å². The first kappa shape index (κ1) is 11.0. The van der Waals surface area contributed by atoms with Crippen molar-refractivity contribution in [1.29, 1.82) is 0 Å². The van der Waals surface area contributed by atoms with E-state index in [1.165, 1.54) is 0 Å². The number of anilines is 1. The number of rotatable bonds is 2. The largest absolute Gasteiger partial charge is 0.384 e. The van der Waals surface area contributed by atoms with Gasteiger partial charge in [0.2, 0.25) is 5.91 Å². The number of nitrogens with zero attached hydrogens (tertiary/aromatic N) is 2. The van der Waals surface area contributed by atoms with Gasteiger partial charge >= 0.3 is 0 Å². The van der Waals surface area contributed by atoms with E-state index in [0.717, 1.165) is 16.8 Å². The summed E-state index contributed by atoms with van der Waals surface area (Å²) < 4.78 is 0. The molecule has 2 N–H and O–H groups in total. The van der Waals surface area contributed by atoms with Crippen molar-refractivity contribution in [2.75, 3.05) is 11.9 Å². The lowest BCUT2D eigenvalue weighted by atomic mass is 10.0. The second-order valence-electron chi connectivity index (χ2n) is 4.45. The molecule has 2 heterocycles. The Morgan fingerprint density at radius 3 is 3.00 bits per heavy atom. The second-order valence-corrected chi connectivity index (χ2v) is 4.45. The Hall–Kier alpha value is -2.14. The number of carbonyl (C=O) groups is 1. The third-order valence-corrected chi connectivity index (χ3v) is 3.33. The summed E-state index contributed by atoms with van der Waals surface area (Å²) in [7, 11) is 1.76. The Bertz CT molecular complexity index is 592. The highest BCUT2D eigenvalue weighted by Crippen LogP contribution is 2.31. The lowest BCUT2D eigenvalue weighted by molar-refractivity contribution is -0.117. The van der Waals surface area contributed by atoms with Crippen molar-refractivity contribution in [2.24, 2.45) is 0 Å². The molecule has 0 fully saturated rings. The average Bonchev–Trinajstić information content (AvgIpc) is 2.98. The second kappa shape index (κ2) is 3.96. The van der Waals surface area contributed by atoms with E-state index in [2.05, 4.69) is 10.2 Å². The van der Waals surface area contributed by atoms with Crippen LogP contribution >= 0.6 is 0 Å². The number of aliphatic hydroxyl groups excluding tert-OH is 1. The minimum absolute atomic E-state index is 0.0833. The maximum absolute atomic E-state index is 11.6. The molecule has 1 amide bonds. The van der Waals surface area contributed by atoms with Gasteiger partial charge in [0.15, 0.2) is 0 Å². The molecule has 1 aliphatic heterocycles. The van der Waals surface area contributed by atoms with Crippen LogP contribution in [0.4, 0.5) is 5.69 Å². The van der Waals surface area contributed by atoms with Crippen LogP contribution in [0, 0.1) is 0 Å². The Labute approximate surface area is 104 Å². The minimum atomic E-state index is -0.713. The van der Waals surface area contributed by atoms with Crippen LogP contribution in [0.3, 0.4) is 0 Å². The molecule has 0 saturated carbocycles. The molecule has 0 radical (unpaired) electrons. The molecule has 1 aromatic carbocycles. The van der Waals surface area contributed by atoms with Gasteiger partial charge in [-0.2, -0.15) is 5.10 Å². The number of benzene rings is 1. The number of amides is 1. The molecule has 0 bridgehead atoms. The third kappa shape index (κ3) is 1.60. The summed E-state index contributed by atoms with van der Waals surface area (Å²) in [5, 5.41) is 16.7. The fourth-order valence-electron chi connectivity index (χ4n) is 2.26. The Kier molecular flexibility index (Phi) is 2.41. The highest BCUT2D eigenvalue weighted by molar-refractivity contribution is 6.00. The molecule has 1 atom stereocenters. The Morgan fingerprint density at radius 1 is 1.44 bits per heavy atom. The van der Waals surface area contributed by atoms with E-state index >= 15 is 0 Å². The molecule has 5 heteroatoms. The topological polar surface area (TPSA) is 69.2 Å². The smallest absolute Gasteiger partial charge is 0.231 e. The monoisotopic (exact) mass is 243 g/mol. The Morgan fingerprint density at radius 2 is 2.28 bits per heavy atom. The standard InChI is InChI=1S/C13H13N3O2/c1-16-11-3-2-8(4-9(11)5-12(16)17)13(18)10-6-14-15-7-10/h2-4,6-7,13,18H,5H2,1H3,(H,14,15). The quantitative estimate of drug-likeness (QED) is 0.827. The number of hydrogen-bond acceptors (Lipinski definition) is 3. The highest BCUT2D eigenvalue weighted by atomic mass is 16.3. The molecule has 0 spiro atoms. The van der Waals surface area contributed by atoms with Gasteiger partial charge in [-0.05, 0) is 17.2 Å². The summed E-state index contributed by atoms with van der Waals surface area (Å²) in [6, 6.07) is 5.60. The lowest BCUT2D eigenvalue weighted by Gasteiger charge is -2.13. The van der Waals surface area contributed by atoms with E-state index in [1.807, 2.05) is 18.2 Å². The predicted octanol–water partition coefficient (Wildman–Crippen LogP) is 1.01. The van der Waals surface area contributed by atoms with Crippen LogP contribution in [-0.4, -0.2) is 28.3 Å². The summed E-state index contributed by atoms with van der Waals surface area (Å²) in [5.74, 6) is 0.0833. The molecule has 0 saturated heterocycles. The maximum Gasteiger partial charge on any atom is 0.231 e. The number of aliphatic hydroxyl groups is 1. The molecular formula is C13H13N3O2. The summed E-state index contributed by atoms with van der Waals surface area (Å²) in [6.45, 7) is 0. The first-order valence-electron chi connectivity index (χ1n) is 5.73. The van der Waals surface area contributed by atoms with Gasteiger partial charge in [0.05, 0.1) is 12.6 Å². The molecule has 2 aromatic rings. The maximum atomic E-state index is 11.6. The van der Waals surface area contributed by atoms with Crippen molar-refractivity contribution in [3.63, 3.8) is 0 Å². The highest BCUT2D eigenvalue weighted by Gasteiger charge is 2.25. The normalized spacial score (nSPS) is 15.9. The molecule has 1 aromatic heterocycles. The van der Waals surface area contributed by atoms with E-state index in [9.17, 15) is 9.90 Å². The zero-order chi connectivity index (χ0) is 12.7. The molecule has 1 aliphatic rings. The summed E-state index contributed by atoms with van der Waals surface area (Å²) in [5.41, 5.74) is 3.37. The van der Waals surface area contributed by atoms with Crippen LogP contribution in [-0.2, 0) is 11.2 Å². The number of carbonyl (C=O) groups excluding carboxylic acids is 1. The third-order valence-electron chi connectivity index (χ3n) is 3.33. The summed E-state index contributed by atoms with van der Waals surface area (Å²) in [6.07, 6.45) is 2.94. The summed E-state index contributed by atoms with van der Waals surface area (Å²) >= 11 is 0. The molecule has 5 nitrogen and oxygen atoms in total. The van der Waals surface area contributed by atoms with Crippen molar-refractivity contribution in [3.8, 4) is 0 Å². The molecule has 3 rings (SSSR count). The first-order valence-corrected chi connectivity index (χ1v) is 5.73. The minimum Gasteiger partial charge on any atom is -0.384 e. The number of aromatic nitrogens is 2. The fourth-order valence-corrected chi connectivity index (χ4v) is 2.26. The molecule has 0 aliphatic carbocycles. The van der Waals surface area contributed by atoms with E-state index in [4.69, 9.17) is 0 Å². The van der Waals surface area contributed by atoms with E-state index in [0.29, 0.717) is 12.0 Å². The lowest BCUT2D eigenvalue weighted by Crippen LogP contribution is -2.20. The van der Waals surface area contributed by atoms with Crippen LogP contribution < -0.4 is 4.90 Å². The zero-order valence-corrected chi connectivity index (χ0v) is 9.92. The molecular weight excluding hydrogens is 230 g/mol.